The molecular formula is C19H29NO2S. The molecule has 4 heteroatoms. The van der Waals surface area contributed by atoms with Crippen LogP contribution in [0, 0.1) is 5.92 Å². The van der Waals surface area contributed by atoms with E-state index in [1.807, 2.05) is 38.6 Å². The Morgan fingerprint density at radius 3 is 2.65 bits per heavy atom. The number of carbonyl (C=O) groups excluding carboxylic acids is 1. The fourth-order valence-electron chi connectivity index (χ4n) is 3.36. The maximum Gasteiger partial charge on any atom is 0.249 e. The lowest BCUT2D eigenvalue weighted by Gasteiger charge is -2.42. The Morgan fingerprint density at radius 2 is 2.04 bits per heavy atom. The van der Waals surface area contributed by atoms with Crippen LogP contribution in [0.1, 0.15) is 52.0 Å². The highest BCUT2D eigenvalue weighted by Gasteiger charge is 2.44. The summed E-state index contributed by atoms with van der Waals surface area (Å²) in [5.41, 5.74) is 5.93. The summed E-state index contributed by atoms with van der Waals surface area (Å²) in [6.07, 6.45) is 3.67. The molecule has 2 unspecified atom stereocenters. The van der Waals surface area contributed by atoms with Gasteiger partial charge in [0.1, 0.15) is 5.60 Å². The molecule has 23 heavy (non-hydrogen) atoms. The smallest absolute Gasteiger partial charge is 0.249 e. The van der Waals surface area contributed by atoms with Gasteiger partial charge in [-0.05, 0) is 63.7 Å². The normalized spacial score (nSPS) is 25.3. The van der Waals surface area contributed by atoms with E-state index in [4.69, 9.17) is 10.5 Å². The molecule has 0 aromatic heterocycles. The third kappa shape index (κ3) is 5.54. The molecule has 2 rings (SSSR count). The van der Waals surface area contributed by atoms with Crippen molar-refractivity contribution in [1.82, 2.24) is 0 Å². The van der Waals surface area contributed by atoms with E-state index < -0.39 is 5.60 Å². The van der Waals surface area contributed by atoms with Crippen LogP contribution in [0.3, 0.4) is 0 Å². The zero-order valence-corrected chi connectivity index (χ0v) is 15.3. The molecule has 1 aromatic carbocycles. The number of benzene rings is 1. The molecule has 1 aliphatic rings. The highest BCUT2D eigenvalue weighted by Crippen LogP contribution is 2.39. The van der Waals surface area contributed by atoms with Gasteiger partial charge in [-0.15, -0.1) is 0 Å². The summed E-state index contributed by atoms with van der Waals surface area (Å²) >= 11 is 1.94. The summed E-state index contributed by atoms with van der Waals surface area (Å²) in [5, 5.41) is 0. The topological polar surface area (TPSA) is 52.3 Å². The number of carbonyl (C=O) groups is 1. The molecule has 2 N–H and O–H groups in total. The lowest BCUT2D eigenvalue weighted by atomic mass is 9.77. The molecule has 1 aliphatic carbocycles. The highest BCUT2D eigenvalue weighted by atomic mass is 32.2. The van der Waals surface area contributed by atoms with Gasteiger partial charge in [-0.2, -0.15) is 11.8 Å². The summed E-state index contributed by atoms with van der Waals surface area (Å²) in [6.45, 7) is 5.97. The van der Waals surface area contributed by atoms with E-state index in [0.717, 1.165) is 37.2 Å². The summed E-state index contributed by atoms with van der Waals surface area (Å²) < 4.78 is 6.14. The van der Waals surface area contributed by atoms with Crippen LogP contribution in [-0.4, -0.2) is 22.9 Å². The fourth-order valence-corrected chi connectivity index (χ4v) is 4.52. The average molecular weight is 336 g/mol. The van der Waals surface area contributed by atoms with Gasteiger partial charge in [0, 0.05) is 5.75 Å². The van der Waals surface area contributed by atoms with Crippen molar-refractivity contribution in [2.45, 2.75) is 63.4 Å². The lowest BCUT2D eigenvalue weighted by molar-refractivity contribution is -0.175. The zero-order valence-electron chi connectivity index (χ0n) is 14.5. The second kappa shape index (κ2) is 7.71. The number of rotatable bonds is 6. The minimum absolute atomic E-state index is 0.301. The van der Waals surface area contributed by atoms with Crippen molar-refractivity contribution in [2.24, 2.45) is 11.7 Å². The van der Waals surface area contributed by atoms with Gasteiger partial charge in [-0.3, -0.25) is 4.79 Å². The van der Waals surface area contributed by atoms with E-state index in [0.29, 0.717) is 5.92 Å². The molecule has 0 radical (unpaired) electrons. The van der Waals surface area contributed by atoms with Crippen molar-refractivity contribution in [1.29, 1.82) is 0 Å². The molecule has 2 atom stereocenters. The van der Waals surface area contributed by atoms with Crippen LogP contribution in [0.25, 0.3) is 0 Å². The first kappa shape index (κ1) is 18.3. The Morgan fingerprint density at radius 1 is 1.35 bits per heavy atom. The van der Waals surface area contributed by atoms with Crippen LogP contribution in [0.15, 0.2) is 30.3 Å². The Bertz CT molecular complexity index is 512. The summed E-state index contributed by atoms with van der Waals surface area (Å²) in [5.74, 6) is 2.26. The van der Waals surface area contributed by atoms with Gasteiger partial charge in [0.2, 0.25) is 5.91 Å². The molecule has 0 spiro atoms. The number of ether oxygens (including phenoxy) is 1. The second-order valence-electron chi connectivity index (χ2n) is 7.54. The first-order valence-corrected chi connectivity index (χ1v) is 9.58. The molecule has 1 fully saturated rings. The number of hydrogen-bond acceptors (Lipinski definition) is 3. The minimum atomic E-state index is -0.783. The van der Waals surface area contributed by atoms with Crippen molar-refractivity contribution in [3.63, 3.8) is 0 Å². The Hall–Kier alpha value is -1.00. The standard InChI is InChI=1S/C19H29NO2S/c1-18(2,3)22-19(17(20)21)11-7-10-16(12-19)14-23-13-15-8-5-4-6-9-15/h4-6,8-9,16H,7,10-14H2,1-3H3,(H2,20,21). The Balaban J connectivity index is 1.92. The summed E-state index contributed by atoms with van der Waals surface area (Å²) in [7, 11) is 0. The van der Waals surface area contributed by atoms with Crippen LogP contribution in [0.5, 0.6) is 0 Å². The number of amides is 1. The molecule has 0 heterocycles. The van der Waals surface area contributed by atoms with E-state index in [1.54, 1.807) is 0 Å². The van der Waals surface area contributed by atoms with Crippen molar-refractivity contribution < 1.29 is 9.53 Å². The van der Waals surface area contributed by atoms with Crippen molar-refractivity contribution >= 4 is 17.7 Å². The fraction of sp³-hybridized carbons (Fsp3) is 0.632. The monoisotopic (exact) mass is 335 g/mol. The van der Waals surface area contributed by atoms with Gasteiger partial charge in [0.15, 0.2) is 0 Å². The molecule has 1 aromatic rings. The third-order valence-electron chi connectivity index (χ3n) is 4.23. The third-order valence-corrected chi connectivity index (χ3v) is 5.47. The minimum Gasteiger partial charge on any atom is -0.367 e. The Kier molecular flexibility index (Phi) is 6.15. The number of nitrogens with two attached hydrogens (primary N) is 1. The van der Waals surface area contributed by atoms with E-state index in [2.05, 4.69) is 24.3 Å². The number of primary amides is 1. The molecule has 0 aliphatic heterocycles. The van der Waals surface area contributed by atoms with Crippen LogP contribution in [0.4, 0.5) is 0 Å². The van der Waals surface area contributed by atoms with Gasteiger partial charge < -0.3 is 10.5 Å². The van der Waals surface area contributed by atoms with Gasteiger partial charge in [-0.25, -0.2) is 0 Å². The molecular weight excluding hydrogens is 306 g/mol. The van der Waals surface area contributed by atoms with Crippen LogP contribution < -0.4 is 5.73 Å². The highest BCUT2D eigenvalue weighted by molar-refractivity contribution is 7.98. The number of thioether (sulfide) groups is 1. The SMILES string of the molecule is CC(C)(C)OC1(C(N)=O)CCCC(CSCc2ccccc2)C1. The maximum atomic E-state index is 12.1. The molecule has 1 amide bonds. The number of hydrogen-bond donors (Lipinski definition) is 1. The predicted octanol–water partition coefficient (Wildman–Crippen LogP) is 4.15. The van der Waals surface area contributed by atoms with Gasteiger partial charge >= 0.3 is 0 Å². The first-order chi connectivity index (χ1) is 10.8. The van der Waals surface area contributed by atoms with Gasteiger partial charge in [0.25, 0.3) is 0 Å². The largest absolute Gasteiger partial charge is 0.367 e. The van der Waals surface area contributed by atoms with E-state index in [9.17, 15) is 4.79 Å². The Labute approximate surface area is 144 Å². The maximum absolute atomic E-state index is 12.1. The summed E-state index contributed by atoms with van der Waals surface area (Å²) in [6, 6.07) is 10.5. The molecule has 128 valence electrons. The quantitative estimate of drug-likeness (QED) is 0.849. The molecule has 3 nitrogen and oxygen atoms in total. The first-order valence-electron chi connectivity index (χ1n) is 8.42. The van der Waals surface area contributed by atoms with Crippen molar-refractivity contribution in [3.8, 4) is 0 Å². The lowest BCUT2D eigenvalue weighted by Crippen LogP contribution is -2.53. The van der Waals surface area contributed by atoms with Gasteiger partial charge in [0.05, 0.1) is 5.60 Å². The van der Waals surface area contributed by atoms with E-state index in [1.165, 1.54) is 5.56 Å². The van der Waals surface area contributed by atoms with Crippen molar-refractivity contribution in [3.05, 3.63) is 35.9 Å². The van der Waals surface area contributed by atoms with E-state index in [-0.39, 0.29) is 11.5 Å². The van der Waals surface area contributed by atoms with Crippen molar-refractivity contribution in [2.75, 3.05) is 5.75 Å². The molecule has 1 saturated carbocycles. The van der Waals surface area contributed by atoms with E-state index >= 15 is 0 Å². The van der Waals surface area contributed by atoms with Crippen LogP contribution in [-0.2, 0) is 15.3 Å². The predicted molar refractivity (Wildman–Crippen MR) is 97.3 cm³/mol. The average Bonchev–Trinajstić information content (AvgIpc) is 2.47. The second-order valence-corrected chi connectivity index (χ2v) is 8.57. The van der Waals surface area contributed by atoms with Crippen LogP contribution >= 0.6 is 11.8 Å². The van der Waals surface area contributed by atoms with Crippen LogP contribution in [0.2, 0.25) is 0 Å². The summed E-state index contributed by atoms with van der Waals surface area (Å²) in [4.78, 5) is 12.1. The molecule has 0 bridgehead atoms. The molecule has 0 saturated heterocycles. The van der Waals surface area contributed by atoms with Gasteiger partial charge in [-0.1, -0.05) is 30.3 Å². The zero-order chi connectivity index (χ0) is 16.9.